The molecular weight excluding hydrogens is 426 g/mol. The third-order valence-corrected chi connectivity index (χ3v) is 7.00. The Morgan fingerprint density at radius 3 is 2.65 bits per heavy atom. The van der Waals surface area contributed by atoms with E-state index in [9.17, 15) is 9.59 Å². The van der Waals surface area contributed by atoms with E-state index in [1.807, 2.05) is 73.8 Å². The molecule has 0 saturated carbocycles. The van der Waals surface area contributed by atoms with Crippen LogP contribution in [0, 0.1) is 6.92 Å². The molecule has 4 rings (SSSR count). The average molecular weight is 450 g/mol. The number of carbonyl (C=O) groups excluding carboxylic acids is 1. The molecule has 1 N–H and O–H groups in total. The number of benzene rings is 2. The summed E-state index contributed by atoms with van der Waals surface area (Å²) >= 11 is 2.91. The van der Waals surface area contributed by atoms with Crippen molar-refractivity contribution >= 4 is 39.9 Å². The number of carbonyl (C=O) groups is 1. The third kappa shape index (κ3) is 5.06. The molecule has 7 heteroatoms. The lowest BCUT2D eigenvalue weighted by Crippen LogP contribution is -2.29. The van der Waals surface area contributed by atoms with E-state index in [1.165, 1.54) is 17.3 Å². The summed E-state index contributed by atoms with van der Waals surface area (Å²) in [6.07, 6.45) is 0. The van der Waals surface area contributed by atoms with Gasteiger partial charge in [-0.1, -0.05) is 59.8 Å². The molecule has 158 valence electrons. The molecule has 1 atom stereocenters. The van der Waals surface area contributed by atoms with Crippen molar-refractivity contribution in [3.8, 4) is 0 Å². The second-order valence-electron chi connectivity index (χ2n) is 7.38. The number of hydrogen-bond acceptors (Lipinski definition) is 5. The molecule has 0 aliphatic carbocycles. The zero-order chi connectivity index (χ0) is 21.8. The van der Waals surface area contributed by atoms with E-state index in [4.69, 9.17) is 4.98 Å². The van der Waals surface area contributed by atoms with E-state index in [2.05, 4.69) is 5.32 Å². The van der Waals surface area contributed by atoms with Crippen molar-refractivity contribution in [1.29, 1.82) is 0 Å². The van der Waals surface area contributed by atoms with E-state index in [1.54, 1.807) is 22.0 Å². The van der Waals surface area contributed by atoms with Crippen molar-refractivity contribution in [1.82, 2.24) is 14.9 Å². The fourth-order valence-corrected chi connectivity index (χ4v) is 4.84. The van der Waals surface area contributed by atoms with Gasteiger partial charge in [-0.3, -0.25) is 14.2 Å². The molecule has 5 nitrogen and oxygen atoms in total. The standard InChI is InChI=1S/C24H23N3O2S2/c1-16-9-11-18(12-10-16)14-27-23(29)19-6-3-4-7-20(19)26-24(27)31-15-22(28)25-17(2)21-8-5-13-30-21/h3-13,17H,14-15H2,1-2H3,(H,25,28). The van der Waals surface area contributed by atoms with E-state index in [0.29, 0.717) is 22.6 Å². The zero-order valence-corrected chi connectivity index (χ0v) is 19.0. The van der Waals surface area contributed by atoms with Crippen LogP contribution >= 0.6 is 23.1 Å². The van der Waals surface area contributed by atoms with E-state index < -0.39 is 0 Å². The molecule has 2 aromatic heterocycles. The van der Waals surface area contributed by atoms with Crippen molar-refractivity contribution in [3.63, 3.8) is 0 Å². The minimum absolute atomic E-state index is 0.0487. The largest absolute Gasteiger partial charge is 0.348 e. The van der Waals surface area contributed by atoms with E-state index in [-0.39, 0.29) is 23.3 Å². The lowest BCUT2D eigenvalue weighted by Gasteiger charge is -2.15. The number of thioether (sulfide) groups is 1. The van der Waals surface area contributed by atoms with Crippen LogP contribution in [-0.2, 0) is 11.3 Å². The van der Waals surface area contributed by atoms with Crippen LogP contribution in [0.4, 0.5) is 0 Å². The number of thiophene rings is 1. The van der Waals surface area contributed by atoms with Crippen molar-refractivity contribution in [2.75, 3.05) is 5.75 Å². The maximum Gasteiger partial charge on any atom is 0.262 e. The molecule has 0 spiro atoms. The number of fused-ring (bicyclic) bond motifs is 1. The lowest BCUT2D eigenvalue weighted by atomic mass is 10.1. The van der Waals surface area contributed by atoms with Crippen molar-refractivity contribution in [2.45, 2.75) is 31.6 Å². The van der Waals surface area contributed by atoms with Crippen LogP contribution in [0.3, 0.4) is 0 Å². The molecule has 2 heterocycles. The maximum absolute atomic E-state index is 13.2. The first kappa shape index (κ1) is 21.3. The van der Waals surface area contributed by atoms with Crippen molar-refractivity contribution in [3.05, 3.63) is 92.4 Å². The normalized spacial score (nSPS) is 12.1. The second kappa shape index (κ2) is 9.49. The number of nitrogens with zero attached hydrogens (tertiary/aromatic N) is 2. The quantitative estimate of drug-likeness (QED) is 0.326. The van der Waals surface area contributed by atoms with Crippen LogP contribution in [-0.4, -0.2) is 21.2 Å². The SMILES string of the molecule is Cc1ccc(Cn2c(SCC(=O)NC(C)c3cccs3)nc3ccccc3c2=O)cc1. The van der Waals surface area contributed by atoms with E-state index in [0.717, 1.165) is 10.4 Å². The molecule has 1 unspecified atom stereocenters. The smallest absolute Gasteiger partial charge is 0.262 e. The molecule has 4 aromatic rings. The van der Waals surface area contributed by atoms with Gasteiger partial charge in [0.1, 0.15) is 0 Å². The molecule has 2 aromatic carbocycles. The van der Waals surface area contributed by atoms with Crippen LogP contribution < -0.4 is 10.9 Å². The molecule has 0 fully saturated rings. The van der Waals surface area contributed by atoms with Crippen LogP contribution in [0.1, 0.15) is 29.0 Å². The Morgan fingerprint density at radius 2 is 1.90 bits per heavy atom. The Kier molecular flexibility index (Phi) is 6.53. The average Bonchev–Trinajstić information content (AvgIpc) is 3.31. The number of hydrogen-bond donors (Lipinski definition) is 1. The summed E-state index contributed by atoms with van der Waals surface area (Å²) in [6, 6.07) is 19.3. The van der Waals surface area contributed by atoms with Gasteiger partial charge in [-0.25, -0.2) is 4.98 Å². The first-order valence-electron chi connectivity index (χ1n) is 10.0. The van der Waals surface area contributed by atoms with E-state index >= 15 is 0 Å². The highest BCUT2D eigenvalue weighted by Gasteiger charge is 2.15. The molecule has 0 saturated heterocycles. The first-order chi connectivity index (χ1) is 15.0. The molecule has 0 aliphatic heterocycles. The Hall–Kier alpha value is -2.90. The third-order valence-electron chi connectivity index (χ3n) is 4.97. The van der Waals surface area contributed by atoms with Crippen LogP contribution in [0.15, 0.2) is 76.0 Å². The number of amides is 1. The Balaban J connectivity index is 1.58. The van der Waals surface area contributed by atoms with Gasteiger partial charge in [0.25, 0.3) is 5.56 Å². The van der Waals surface area contributed by atoms with Crippen LogP contribution in [0.2, 0.25) is 0 Å². The van der Waals surface area contributed by atoms with Gasteiger partial charge in [0.15, 0.2) is 5.16 Å². The highest BCUT2D eigenvalue weighted by atomic mass is 32.2. The molecule has 0 bridgehead atoms. The van der Waals surface area contributed by atoms with Gasteiger partial charge in [-0.05, 0) is 43.0 Å². The monoisotopic (exact) mass is 449 g/mol. The number of aryl methyl sites for hydroxylation is 1. The van der Waals surface area contributed by atoms with Crippen LogP contribution in [0.5, 0.6) is 0 Å². The molecule has 0 aliphatic rings. The summed E-state index contributed by atoms with van der Waals surface area (Å²) in [4.78, 5) is 31.6. The van der Waals surface area contributed by atoms with Gasteiger partial charge < -0.3 is 5.32 Å². The minimum atomic E-state index is -0.0963. The Bertz CT molecular complexity index is 1250. The highest BCUT2D eigenvalue weighted by Crippen LogP contribution is 2.21. The molecule has 1 amide bonds. The van der Waals surface area contributed by atoms with Gasteiger partial charge in [-0.15, -0.1) is 11.3 Å². The van der Waals surface area contributed by atoms with Crippen LogP contribution in [0.25, 0.3) is 10.9 Å². The predicted octanol–water partition coefficient (Wildman–Crippen LogP) is 4.78. The number of nitrogens with one attached hydrogen (secondary N) is 1. The zero-order valence-electron chi connectivity index (χ0n) is 17.4. The number of para-hydroxylation sites is 1. The fraction of sp³-hybridized carbons (Fsp3) is 0.208. The van der Waals surface area contributed by atoms with Gasteiger partial charge in [0.05, 0.1) is 29.2 Å². The maximum atomic E-state index is 13.2. The number of aromatic nitrogens is 2. The summed E-state index contributed by atoms with van der Waals surface area (Å²) in [7, 11) is 0. The highest BCUT2D eigenvalue weighted by molar-refractivity contribution is 7.99. The Labute approximate surface area is 189 Å². The molecule has 31 heavy (non-hydrogen) atoms. The van der Waals surface area contributed by atoms with Gasteiger partial charge >= 0.3 is 0 Å². The summed E-state index contributed by atoms with van der Waals surface area (Å²) < 4.78 is 1.66. The van der Waals surface area contributed by atoms with Gasteiger partial charge in [0, 0.05) is 4.88 Å². The molecule has 0 radical (unpaired) electrons. The lowest BCUT2D eigenvalue weighted by molar-refractivity contribution is -0.119. The van der Waals surface area contributed by atoms with Crippen molar-refractivity contribution in [2.24, 2.45) is 0 Å². The van der Waals surface area contributed by atoms with Crippen molar-refractivity contribution < 1.29 is 4.79 Å². The van der Waals surface area contributed by atoms with Gasteiger partial charge in [0.2, 0.25) is 5.91 Å². The minimum Gasteiger partial charge on any atom is -0.348 e. The second-order valence-corrected chi connectivity index (χ2v) is 9.30. The predicted molar refractivity (Wildman–Crippen MR) is 128 cm³/mol. The summed E-state index contributed by atoms with van der Waals surface area (Å²) in [5, 5.41) is 6.13. The van der Waals surface area contributed by atoms with Gasteiger partial charge in [-0.2, -0.15) is 0 Å². The number of rotatable bonds is 7. The first-order valence-corrected chi connectivity index (χ1v) is 11.9. The summed E-state index contributed by atoms with van der Waals surface area (Å²) in [6.45, 7) is 4.41. The fourth-order valence-electron chi connectivity index (χ4n) is 3.30. The topological polar surface area (TPSA) is 64.0 Å². The summed E-state index contributed by atoms with van der Waals surface area (Å²) in [5.74, 6) is 0.101. The molecular formula is C24H23N3O2S2. The Morgan fingerprint density at radius 1 is 1.13 bits per heavy atom. The summed E-state index contributed by atoms with van der Waals surface area (Å²) in [5.41, 5.74) is 2.73.